The molecular weight excluding hydrogens is 678 g/mol. The molecule has 19 heteroatoms. The van der Waals surface area contributed by atoms with Crippen molar-refractivity contribution in [2.75, 3.05) is 45.2 Å². The smallest absolute Gasteiger partial charge is 0.340 e. The highest BCUT2D eigenvalue weighted by Gasteiger charge is 2.51. The van der Waals surface area contributed by atoms with E-state index in [1.807, 2.05) is 0 Å². The molecule has 0 aromatic heterocycles. The maximum Gasteiger partial charge on any atom is 0.511 e. The van der Waals surface area contributed by atoms with Crippen molar-refractivity contribution < 1.29 is 61.9 Å². The van der Waals surface area contributed by atoms with Crippen molar-refractivity contribution in [3.8, 4) is 0 Å². The number of hydrogen-bond donors (Lipinski definition) is 0. The van der Waals surface area contributed by atoms with Gasteiger partial charge in [0, 0.05) is 57.8 Å². The van der Waals surface area contributed by atoms with Crippen LogP contribution >= 0.6 is 0 Å². The number of urea groups is 1. The first-order valence-electron chi connectivity index (χ1n) is 13.9. The minimum absolute atomic E-state index is 0.0838. The summed E-state index contributed by atoms with van der Waals surface area (Å²) in [6.07, 6.45) is -10.8. The Morgan fingerprint density at radius 3 is 1.79 bits per heavy atom. The van der Waals surface area contributed by atoms with Crippen LogP contribution in [0.1, 0.15) is 35.4 Å². The second-order valence-corrected chi connectivity index (χ2v) is 13.2. The first-order chi connectivity index (χ1) is 21.5. The Morgan fingerprint density at radius 1 is 0.809 bits per heavy atom. The average molecular weight is 707 g/mol. The van der Waals surface area contributed by atoms with Crippen LogP contribution in [0.3, 0.4) is 0 Å². The van der Waals surface area contributed by atoms with Crippen molar-refractivity contribution in [3.05, 3.63) is 65.0 Å². The van der Waals surface area contributed by atoms with E-state index >= 15 is 0 Å². The van der Waals surface area contributed by atoms with Gasteiger partial charge in [0.25, 0.3) is 0 Å². The van der Waals surface area contributed by atoms with Gasteiger partial charge in [0.2, 0.25) is 5.91 Å². The minimum Gasteiger partial charge on any atom is -0.340 e. The molecule has 2 aliphatic rings. The van der Waals surface area contributed by atoms with E-state index in [4.69, 9.17) is 0 Å². The highest BCUT2D eigenvalue weighted by atomic mass is 32.2. The van der Waals surface area contributed by atoms with Crippen LogP contribution in [0, 0.1) is 11.7 Å². The number of benzene rings is 2. The molecule has 0 radical (unpaired) electrons. The third kappa shape index (κ3) is 7.60. The number of alkyl halides is 9. The summed E-state index contributed by atoms with van der Waals surface area (Å²) in [5.74, 6) is -2.76. The Morgan fingerprint density at radius 2 is 1.32 bits per heavy atom. The molecule has 0 unspecified atom stereocenters. The zero-order valence-electron chi connectivity index (χ0n) is 24.6. The van der Waals surface area contributed by atoms with Crippen LogP contribution in [0.15, 0.2) is 42.5 Å². The van der Waals surface area contributed by atoms with E-state index in [0.717, 1.165) is 24.1 Å². The first-order valence-corrected chi connectivity index (χ1v) is 15.4. The molecule has 2 fully saturated rings. The molecule has 260 valence electrons. The van der Waals surface area contributed by atoms with Crippen LogP contribution in [0.5, 0.6) is 0 Å². The lowest BCUT2D eigenvalue weighted by atomic mass is 9.93. The van der Waals surface area contributed by atoms with Gasteiger partial charge < -0.3 is 9.80 Å². The largest absolute Gasteiger partial charge is 0.511 e. The Hall–Kier alpha value is -3.61. The third-order valence-corrected chi connectivity index (χ3v) is 10.0. The van der Waals surface area contributed by atoms with Crippen LogP contribution in [-0.4, -0.2) is 86.3 Å². The maximum atomic E-state index is 13.7. The lowest BCUT2D eigenvalue weighted by Gasteiger charge is -2.33. The van der Waals surface area contributed by atoms with Crippen LogP contribution in [0.2, 0.25) is 0 Å². The SMILES string of the molecule is CN(C(=O)N(C)[C@@H]1CN(C(=O)C2CCN(S(=O)(=O)C(F)(F)F)CC2)C[C@H]1c1ccc(F)cc1)c1cc(C(F)(F)F)cc(C(F)(F)F)c1. The van der Waals surface area contributed by atoms with E-state index < -0.39 is 93.4 Å². The fourth-order valence-corrected chi connectivity index (χ4v) is 6.75. The summed E-state index contributed by atoms with van der Waals surface area (Å²) in [6, 6.07) is 3.71. The second kappa shape index (κ2) is 12.8. The Balaban J connectivity index is 1.59. The third-order valence-electron chi connectivity index (χ3n) is 8.38. The van der Waals surface area contributed by atoms with Crippen LogP contribution in [0.25, 0.3) is 0 Å². The van der Waals surface area contributed by atoms with Gasteiger partial charge in [0.1, 0.15) is 5.82 Å². The molecule has 2 heterocycles. The van der Waals surface area contributed by atoms with Gasteiger partial charge >= 0.3 is 33.9 Å². The molecule has 0 spiro atoms. The van der Waals surface area contributed by atoms with E-state index in [9.17, 15) is 61.9 Å². The summed E-state index contributed by atoms with van der Waals surface area (Å²) in [6.45, 7) is -1.43. The van der Waals surface area contributed by atoms with Crippen molar-refractivity contribution in [3.63, 3.8) is 0 Å². The lowest BCUT2D eigenvalue weighted by molar-refractivity contribution is -0.143. The summed E-state index contributed by atoms with van der Waals surface area (Å²) < 4.78 is 157. The van der Waals surface area contributed by atoms with Crippen LogP contribution in [0.4, 0.5) is 54.4 Å². The fraction of sp³-hybridized carbons (Fsp3) is 0.500. The highest BCUT2D eigenvalue weighted by molar-refractivity contribution is 7.90. The first kappa shape index (κ1) is 36.2. The molecule has 2 saturated heterocycles. The van der Waals surface area contributed by atoms with Gasteiger partial charge in [-0.15, -0.1) is 0 Å². The summed E-state index contributed by atoms with van der Waals surface area (Å²) in [5.41, 5.74) is -9.06. The molecule has 2 aromatic carbocycles. The number of likely N-dealkylation sites (tertiary alicyclic amines) is 1. The molecule has 2 atom stereocenters. The quantitative estimate of drug-likeness (QED) is 0.363. The number of rotatable bonds is 5. The number of halogens is 10. The number of nitrogens with zero attached hydrogens (tertiary/aromatic N) is 4. The molecule has 8 nitrogen and oxygen atoms in total. The molecule has 0 aliphatic carbocycles. The number of hydrogen-bond acceptors (Lipinski definition) is 4. The Bertz CT molecular complexity index is 1560. The molecule has 0 bridgehead atoms. The molecular formula is C28H28F10N4O4S. The molecule has 0 N–H and O–H groups in total. The molecule has 0 saturated carbocycles. The summed E-state index contributed by atoms with van der Waals surface area (Å²) in [5, 5.41) is 0. The van der Waals surface area contributed by atoms with E-state index in [1.54, 1.807) is 0 Å². The van der Waals surface area contributed by atoms with E-state index in [-0.39, 0.29) is 36.3 Å². The zero-order chi connectivity index (χ0) is 35.3. The van der Waals surface area contributed by atoms with Gasteiger partial charge in [-0.25, -0.2) is 17.6 Å². The van der Waals surface area contributed by atoms with Crippen molar-refractivity contribution in [1.82, 2.24) is 14.1 Å². The van der Waals surface area contributed by atoms with Crippen molar-refractivity contribution in [2.45, 2.75) is 42.7 Å². The Labute approximate surface area is 262 Å². The second-order valence-electron chi connectivity index (χ2n) is 11.3. The summed E-state index contributed by atoms with van der Waals surface area (Å²) in [7, 11) is -3.39. The maximum absolute atomic E-state index is 13.7. The molecule has 47 heavy (non-hydrogen) atoms. The predicted octanol–water partition coefficient (Wildman–Crippen LogP) is 5.91. The van der Waals surface area contributed by atoms with Gasteiger partial charge in [0.05, 0.1) is 17.2 Å². The number of carbonyl (C=O) groups is 2. The van der Waals surface area contributed by atoms with Gasteiger partial charge in [-0.2, -0.15) is 43.8 Å². The molecule has 2 aliphatic heterocycles. The number of amides is 3. The van der Waals surface area contributed by atoms with Gasteiger partial charge in [-0.3, -0.25) is 9.69 Å². The zero-order valence-corrected chi connectivity index (χ0v) is 25.4. The predicted molar refractivity (Wildman–Crippen MR) is 147 cm³/mol. The lowest BCUT2D eigenvalue weighted by Crippen LogP contribution is -2.49. The van der Waals surface area contributed by atoms with Crippen molar-refractivity contribution >= 4 is 27.6 Å². The average Bonchev–Trinajstić information content (AvgIpc) is 3.44. The number of piperidine rings is 1. The van der Waals surface area contributed by atoms with Crippen LogP contribution in [-0.2, 0) is 27.2 Å². The molecule has 3 amide bonds. The number of anilines is 1. The summed E-state index contributed by atoms with van der Waals surface area (Å²) in [4.78, 5) is 30.0. The molecule has 2 aromatic rings. The van der Waals surface area contributed by atoms with Crippen molar-refractivity contribution in [1.29, 1.82) is 0 Å². The van der Waals surface area contributed by atoms with E-state index in [1.165, 1.54) is 24.1 Å². The van der Waals surface area contributed by atoms with Crippen molar-refractivity contribution in [2.24, 2.45) is 5.92 Å². The topological polar surface area (TPSA) is 81.2 Å². The fourth-order valence-electron chi connectivity index (χ4n) is 5.77. The monoisotopic (exact) mass is 706 g/mol. The molecule has 4 rings (SSSR count). The van der Waals surface area contributed by atoms with Gasteiger partial charge in [0.15, 0.2) is 0 Å². The number of carbonyl (C=O) groups excluding carboxylic acids is 2. The Kier molecular flexibility index (Phi) is 9.85. The summed E-state index contributed by atoms with van der Waals surface area (Å²) >= 11 is 0. The number of likely N-dealkylation sites (N-methyl/N-ethyl adjacent to an activating group) is 1. The van der Waals surface area contributed by atoms with Crippen LogP contribution < -0.4 is 4.90 Å². The van der Waals surface area contributed by atoms with E-state index in [0.29, 0.717) is 22.6 Å². The van der Waals surface area contributed by atoms with Gasteiger partial charge in [-0.05, 0) is 48.7 Å². The van der Waals surface area contributed by atoms with Gasteiger partial charge in [-0.1, -0.05) is 12.1 Å². The standard InChI is InChI=1S/C28H28F10N4O4S/c1-39(21-12-18(26(30,31)32)11-19(13-21)27(33,34)35)25(44)40(2)23-15-41(14-22(23)16-3-5-20(29)6-4-16)24(43)17-7-9-42(10-8-17)47(45,46)28(36,37)38/h3-6,11-13,17,22-23H,7-10,14-15H2,1-2H3/t22-,23+/m0/s1. The normalized spacial score (nSPS) is 20.4. The number of sulfonamides is 1. The van der Waals surface area contributed by atoms with E-state index in [2.05, 4.69) is 0 Å². The minimum atomic E-state index is -5.59. The highest BCUT2D eigenvalue weighted by Crippen LogP contribution is 2.39.